The molecule has 0 bridgehead atoms. The zero-order valence-electron chi connectivity index (χ0n) is 11.8. The molecule has 0 spiro atoms. The van der Waals surface area contributed by atoms with Crippen LogP contribution >= 0.6 is 23.2 Å². The maximum atomic E-state index is 6.09. The summed E-state index contributed by atoms with van der Waals surface area (Å²) < 4.78 is 0. The van der Waals surface area contributed by atoms with Crippen molar-refractivity contribution in [1.82, 2.24) is 10.2 Å². The molecule has 2 rings (SSSR count). The number of nitrogens with zero attached hydrogens (tertiary/aromatic N) is 1. The van der Waals surface area contributed by atoms with Gasteiger partial charge in [-0.25, -0.2) is 0 Å². The third-order valence-corrected chi connectivity index (χ3v) is 4.50. The Morgan fingerprint density at radius 1 is 1.32 bits per heavy atom. The first-order valence-electron chi connectivity index (χ1n) is 6.80. The highest BCUT2D eigenvalue weighted by Gasteiger charge is 2.27. The molecule has 0 radical (unpaired) electrons. The first-order chi connectivity index (χ1) is 8.87. The van der Waals surface area contributed by atoms with Crippen molar-refractivity contribution >= 4 is 23.2 Å². The molecule has 2 nitrogen and oxygen atoms in total. The minimum atomic E-state index is 0.154. The van der Waals surface area contributed by atoms with Gasteiger partial charge < -0.3 is 5.32 Å². The zero-order valence-corrected chi connectivity index (χ0v) is 13.4. The molecule has 0 amide bonds. The number of halogens is 2. The van der Waals surface area contributed by atoms with Crippen molar-refractivity contribution in [2.24, 2.45) is 0 Å². The van der Waals surface area contributed by atoms with Crippen LogP contribution in [-0.4, -0.2) is 29.6 Å². The maximum absolute atomic E-state index is 6.09. The van der Waals surface area contributed by atoms with Gasteiger partial charge in [-0.15, -0.1) is 0 Å². The van der Waals surface area contributed by atoms with Crippen molar-refractivity contribution in [3.63, 3.8) is 0 Å². The fraction of sp³-hybridized carbons (Fsp3) is 0.600. The van der Waals surface area contributed by atoms with Crippen LogP contribution in [0.1, 0.15) is 32.8 Å². The van der Waals surface area contributed by atoms with Gasteiger partial charge >= 0.3 is 0 Å². The Hall–Kier alpha value is -0.280. The summed E-state index contributed by atoms with van der Waals surface area (Å²) in [5, 5.41) is 4.86. The minimum Gasteiger partial charge on any atom is -0.310 e. The van der Waals surface area contributed by atoms with E-state index in [1.54, 1.807) is 0 Å². The Bertz CT molecular complexity index is 446. The highest BCUT2D eigenvalue weighted by molar-refractivity contribution is 6.42. The first-order valence-corrected chi connectivity index (χ1v) is 7.56. The van der Waals surface area contributed by atoms with Crippen molar-refractivity contribution in [3.05, 3.63) is 33.8 Å². The van der Waals surface area contributed by atoms with Crippen LogP contribution in [0, 0.1) is 0 Å². The highest BCUT2D eigenvalue weighted by Crippen LogP contribution is 2.25. The number of nitrogens with one attached hydrogen (secondary N) is 1. The van der Waals surface area contributed by atoms with Gasteiger partial charge in [0.05, 0.1) is 10.0 Å². The zero-order chi connectivity index (χ0) is 14.0. The van der Waals surface area contributed by atoms with Crippen molar-refractivity contribution in [2.75, 3.05) is 13.1 Å². The van der Waals surface area contributed by atoms with Crippen LogP contribution in [-0.2, 0) is 6.54 Å². The predicted octanol–water partition coefficient (Wildman–Crippen LogP) is 3.96. The van der Waals surface area contributed by atoms with E-state index in [-0.39, 0.29) is 5.54 Å². The second-order valence-corrected chi connectivity index (χ2v) is 6.92. The molecule has 0 aromatic heterocycles. The SMILES string of the molecule is CC1CCNC(C)(C)CN1Cc1ccc(Cl)c(Cl)c1. The molecule has 1 heterocycles. The largest absolute Gasteiger partial charge is 0.310 e. The van der Waals surface area contributed by atoms with Crippen molar-refractivity contribution in [2.45, 2.75) is 45.3 Å². The Balaban J connectivity index is 2.12. The van der Waals surface area contributed by atoms with Crippen LogP contribution in [0.3, 0.4) is 0 Å². The lowest BCUT2D eigenvalue weighted by Gasteiger charge is -2.33. The molecule has 106 valence electrons. The second-order valence-electron chi connectivity index (χ2n) is 6.10. The lowest BCUT2D eigenvalue weighted by Crippen LogP contribution is -2.47. The third kappa shape index (κ3) is 4.09. The Morgan fingerprint density at radius 3 is 2.74 bits per heavy atom. The Kier molecular flexibility index (Phi) is 4.78. The summed E-state index contributed by atoms with van der Waals surface area (Å²) in [5.41, 5.74) is 1.38. The molecule has 1 aromatic rings. The van der Waals surface area contributed by atoms with E-state index in [2.05, 4.69) is 37.1 Å². The molecule has 1 saturated heterocycles. The smallest absolute Gasteiger partial charge is 0.0595 e. The lowest BCUT2D eigenvalue weighted by molar-refractivity contribution is 0.173. The Labute approximate surface area is 126 Å². The van der Waals surface area contributed by atoms with Crippen molar-refractivity contribution in [3.8, 4) is 0 Å². The molecular weight excluding hydrogens is 279 g/mol. The van der Waals surface area contributed by atoms with Crippen molar-refractivity contribution in [1.29, 1.82) is 0 Å². The van der Waals surface area contributed by atoms with Gasteiger partial charge in [-0.3, -0.25) is 4.90 Å². The molecule has 1 aromatic carbocycles. The molecule has 1 N–H and O–H groups in total. The van der Waals surface area contributed by atoms with E-state index in [1.165, 1.54) is 12.0 Å². The monoisotopic (exact) mass is 300 g/mol. The summed E-state index contributed by atoms with van der Waals surface area (Å²) in [7, 11) is 0. The van der Waals surface area contributed by atoms with Gasteiger partial charge in [-0.1, -0.05) is 29.3 Å². The standard InChI is InChI=1S/C15H22Cl2N2/c1-11-6-7-18-15(2,3)10-19(11)9-12-4-5-13(16)14(17)8-12/h4-5,8,11,18H,6-7,9-10H2,1-3H3. The molecule has 1 aliphatic heterocycles. The number of hydrogen-bond donors (Lipinski definition) is 1. The first kappa shape index (κ1) is 15.1. The summed E-state index contributed by atoms with van der Waals surface area (Å²) in [4.78, 5) is 2.51. The van der Waals surface area contributed by atoms with Gasteiger partial charge in [-0.05, 0) is 51.4 Å². The summed E-state index contributed by atoms with van der Waals surface area (Å²) in [6.07, 6.45) is 1.17. The van der Waals surface area contributed by atoms with Gasteiger partial charge in [0.25, 0.3) is 0 Å². The predicted molar refractivity (Wildman–Crippen MR) is 83.0 cm³/mol. The van der Waals surface area contributed by atoms with Crippen LogP contribution in [0.25, 0.3) is 0 Å². The molecule has 19 heavy (non-hydrogen) atoms. The van der Waals surface area contributed by atoms with E-state index in [1.807, 2.05) is 12.1 Å². The number of benzene rings is 1. The fourth-order valence-corrected chi connectivity index (χ4v) is 2.93. The average molecular weight is 301 g/mol. The molecule has 4 heteroatoms. The molecule has 1 fully saturated rings. The van der Waals surface area contributed by atoms with Gasteiger partial charge in [0, 0.05) is 24.7 Å². The van der Waals surface area contributed by atoms with E-state index >= 15 is 0 Å². The van der Waals surface area contributed by atoms with Crippen LogP contribution in [0.5, 0.6) is 0 Å². The fourth-order valence-electron chi connectivity index (χ4n) is 2.61. The van der Waals surface area contributed by atoms with E-state index in [0.717, 1.165) is 19.6 Å². The highest BCUT2D eigenvalue weighted by atomic mass is 35.5. The molecular formula is C15H22Cl2N2. The van der Waals surface area contributed by atoms with Crippen LogP contribution in [0.4, 0.5) is 0 Å². The third-order valence-electron chi connectivity index (χ3n) is 3.76. The van der Waals surface area contributed by atoms with Crippen LogP contribution < -0.4 is 5.32 Å². The topological polar surface area (TPSA) is 15.3 Å². The average Bonchev–Trinajstić information content (AvgIpc) is 2.43. The van der Waals surface area contributed by atoms with E-state index in [0.29, 0.717) is 16.1 Å². The molecule has 1 aliphatic rings. The van der Waals surface area contributed by atoms with E-state index in [4.69, 9.17) is 23.2 Å². The van der Waals surface area contributed by atoms with Gasteiger partial charge in [0.2, 0.25) is 0 Å². The van der Waals surface area contributed by atoms with Crippen molar-refractivity contribution < 1.29 is 0 Å². The molecule has 1 atom stereocenters. The molecule has 0 saturated carbocycles. The van der Waals surface area contributed by atoms with Gasteiger partial charge in [0.1, 0.15) is 0 Å². The minimum absolute atomic E-state index is 0.154. The van der Waals surface area contributed by atoms with Crippen LogP contribution in [0.15, 0.2) is 18.2 Å². The second kappa shape index (κ2) is 6.01. The number of hydrogen-bond acceptors (Lipinski definition) is 2. The Morgan fingerprint density at radius 2 is 2.05 bits per heavy atom. The quantitative estimate of drug-likeness (QED) is 0.889. The maximum Gasteiger partial charge on any atom is 0.0595 e. The summed E-state index contributed by atoms with van der Waals surface area (Å²) in [5.74, 6) is 0. The molecule has 1 unspecified atom stereocenters. The molecule has 0 aliphatic carbocycles. The lowest BCUT2D eigenvalue weighted by atomic mass is 10.0. The van der Waals surface area contributed by atoms with E-state index in [9.17, 15) is 0 Å². The normalized spacial score (nSPS) is 24.2. The van der Waals surface area contributed by atoms with Gasteiger partial charge in [-0.2, -0.15) is 0 Å². The summed E-state index contributed by atoms with van der Waals surface area (Å²) in [6, 6.07) is 6.49. The van der Waals surface area contributed by atoms with Crippen LogP contribution in [0.2, 0.25) is 10.0 Å². The summed E-state index contributed by atoms with van der Waals surface area (Å²) in [6.45, 7) is 9.84. The number of rotatable bonds is 2. The van der Waals surface area contributed by atoms with Gasteiger partial charge in [0.15, 0.2) is 0 Å². The summed E-state index contributed by atoms with van der Waals surface area (Å²) >= 11 is 12.1. The van der Waals surface area contributed by atoms with E-state index < -0.39 is 0 Å².